The van der Waals surface area contributed by atoms with E-state index < -0.39 is 0 Å². The number of rotatable bonds is 7. The molecule has 3 aromatic heterocycles. The molecule has 35 heavy (non-hydrogen) atoms. The van der Waals surface area contributed by atoms with Gasteiger partial charge >= 0.3 is 5.69 Å². The Morgan fingerprint density at radius 3 is 2.34 bits per heavy atom. The SMILES string of the molecule is CCCc1nc2c(c(=O)n(C)c(=O)n2CC)n1Cc1ccc(-c2ccccc2-c2nnn[nH]2)cc1. The first-order valence-corrected chi connectivity index (χ1v) is 11.6. The third-order valence-electron chi connectivity index (χ3n) is 6.23. The van der Waals surface area contributed by atoms with Gasteiger partial charge in [-0.25, -0.2) is 14.9 Å². The smallest absolute Gasteiger partial charge is 0.318 e. The largest absolute Gasteiger partial charge is 0.332 e. The number of tetrazole rings is 1. The third-order valence-corrected chi connectivity index (χ3v) is 6.23. The van der Waals surface area contributed by atoms with Crippen molar-refractivity contribution < 1.29 is 0 Å². The second kappa shape index (κ2) is 9.13. The van der Waals surface area contributed by atoms with Gasteiger partial charge in [0.25, 0.3) is 5.56 Å². The Kier molecular flexibility index (Phi) is 5.86. The minimum atomic E-state index is -0.345. The van der Waals surface area contributed by atoms with Crippen molar-refractivity contribution >= 4 is 11.2 Å². The quantitative estimate of drug-likeness (QED) is 0.391. The van der Waals surface area contributed by atoms with Gasteiger partial charge in [0.05, 0.1) is 0 Å². The molecular formula is C25H26N8O2. The van der Waals surface area contributed by atoms with Crippen LogP contribution in [0.2, 0.25) is 0 Å². The molecule has 0 atom stereocenters. The lowest BCUT2D eigenvalue weighted by Crippen LogP contribution is -2.38. The predicted molar refractivity (Wildman–Crippen MR) is 133 cm³/mol. The van der Waals surface area contributed by atoms with Gasteiger partial charge < -0.3 is 4.57 Å². The highest BCUT2D eigenvalue weighted by Gasteiger charge is 2.20. The summed E-state index contributed by atoms with van der Waals surface area (Å²) in [5, 5.41) is 14.3. The lowest BCUT2D eigenvalue weighted by molar-refractivity contribution is 0.649. The molecule has 0 aliphatic heterocycles. The molecule has 0 unspecified atom stereocenters. The van der Waals surface area contributed by atoms with E-state index in [4.69, 9.17) is 4.98 Å². The topological polar surface area (TPSA) is 116 Å². The van der Waals surface area contributed by atoms with Crippen molar-refractivity contribution in [1.29, 1.82) is 0 Å². The summed E-state index contributed by atoms with van der Waals surface area (Å²) in [6, 6.07) is 16.1. The summed E-state index contributed by atoms with van der Waals surface area (Å²) in [7, 11) is 1.52. The maximum absolute atomic E-state index is 13.1. The Bertz CT molecular complexity index is 1610. The van der Waals surface area contributed by atoms with Gasteiger partial charge in [0.1, 0.15) is 5.82 Å². The number of nitrogens with zero attached hydrogens (tertiary/aromatic N) is 7. The molecule has 5 rings (SSSR count). The zero-order valence-corrected chi connectivity index (χ0v) is 19.9. The molecule has 0 fully saturated rings. The van der Waals surface area contributed by atoms with Gasteiger partial charge in [-0.05, 0) is 40.5 Å². The molecule has 2 aromatic carbocycles. The molecule has 0 spiro atoms. The Morgan fingerprint density at radius 2 is 1.69 bits per heavy atom. The number of nitrogens with one attached hydrogen (secondary N) is 1. The molecule has 0 aliphatic rings. The van der Waals surface area contributed by atoms with Crippen molar-refractivity contribution in [2.24, 2.45) is 7.05 Å². The van der Waals surface area contributed by atoms with E-state index in [1.54, 1.807) is 4.57 Å². The average Bonchev–Trinajstić information content (AvgIpc) is 3.53. The summed E-state index contributed by atoms with van der Waals surface area (Å²) in [5.74, 6) is 1.41. The summed E-state index contributed by atoms with van der Waals surface area (Å²) >= 11 is 0. The number of hydrogen-bond donors (Lipinski definition) is 1. The van der Waals surface area contributed by atoms with E-state index in [0.29, 0.717) is 36.5 Å². The molecule has 0 amide bonds. The second-order valence-corrected chi connectivity index (χ2v) is 8.42. The van der Waals surface area contributed by atoms with Crippen LogP contribution in [-0.4, -0.2) is 39.3 Å². The highest BCUT2D eigenvalue weighted by Crippen LogP contribution is 2.30. The van der Waals surface area contributed by atoms with Crippen LogP contribution in [0, 0.1) is 0 Å². The van der Waals surface area contributed by atoms with E-state index in [2.05, 4.69) is 39.7 Å². The zero-order valence-electron chi connectivity index (χ0n) is 19.9. The molecule has 0 saturated carbocycles. The molecule has 178 valence electrons. The monoisotopic (exact) mass is 470 g/mol. The number of aromatic amines is 1. The van der Waals surface area contributed by atoms with Gasteiger partial charge in [-0.3, -0.25) is 13.9 Å². The van der Waals surface area contributed by atoms with E-state index in [1.165, 1.54) is 7.05 Å². The fourth-order valence-electron chi connectivity index (χ4n) is 4.46. The van der Waals surface area contributed by atoms with E-state index in [9.17, 15) is 9.59 Å². The minimum absolute atomic E-state index is 0.323. The van der Waals surface area contributed by atoms with E-state index >= 15 is 0 Å². The van der Waals surface area contributed by atoms with Crippen LogP contribution in [0.3, 0.4) is 0 Å². The second-order valence-electron chi connectivity index (χ2n) is 8.42. The number of benzene rings is 2. The fourth-order valence-corrected chi connectivity index (χ4v) is 4.46. The van der Waals surface area contributed by atoms with Crippen molar-refractivity contribution in [3.63, 3.8) is 0 Å². The van der Waals surface area contributed by atoms with Crippen LogP contribution in [0.4, 0.5) is 0 Å². The average molecular weight is 471 g/mol. The minimum Gasteiger partial charge on any atom is -0.318 e. The van der Waals surface area contributed by atoms with Crippen molar-refractivity contribution in [3.8, 4) is 22.5 Å². The number of aromatic nitrogens is 8. The van der Waals surface area contributed by atoms with Crippen LogP contribution in [0.15, 0.2) is 58.1 Å². The normalized spacial score (nSPS) is 11.4. The molecule has 10 nitrogen and oxygen atoms in total. The van der Waals surface area contributed by atoms with E-state index in [1.807, 2.05) is 47.9 Å². The Morgan fingerprint density at radius 1 is 0.943 bits per heavy atom. The van der Waals surface area contributed by atoms with Gasteiger partial charge in [-0.1, -0.05) is 55.5 Å². The molecule has 5 aromatic rings. The summed E-state index contributed by atoms with van der Waals surface area (Å²) in [5.41, 5.74) is 4.23. The lowest BCUT2D eigenvalue weighted by atomic mass is 9.98. The molecule has 10 heteroatoms. The molecule has 0 aliphatic carbocycles. The highest BCUT2D eigenvalue weighted by atomic mass is 16.2. The third kappa shape index (κ3) is 3.86. The summed E-state index contributed by atoms with van der Waals surface area (Å²) in [4.78, 5) is 30.5. The van der Waals surface area contributed by atoms with Crippen LogP contribution in [-0.2, 0) is 26.6 Å². The Labute approximate surface area is 200 Å². The van der Waals surface area contributed by atoms with Gasteiger partial charge in [0, 0.05) is 32.1 Å². The number of fused-ring (bicyclic) bond motifs is 1. The first kappa shape index (κ1) is 22.5. The molecule has 0 bridgehead atoms. The first-order chi connectivity index (χ1) is 17.0. The Balaban J connectivity index is 1.57. The fraction of sp³-hybridized carbons (Fsp3) is 0.280. The van der Waals surface area contributed by atoms with Crippen LogP contribution in [0.25, 0.3) is 33.7 Å². The van der Waals surface area contributed by atoms with Crippen molar-refractivity contribution in [1.82, 2.24) is 39.3 Å². The number of H-pyrrole nitrogens is 1. The van der Waals surface area contributed by atoms with Gasteiger partial charge in [-0.15, -0.1) is 5.10 Å². The summed E-state index contributed by atoms with van der Waals surface area (Å²) < 4.78 is 4.68. The number of imidazole rings is 1. The van der Waals surface area contributed by atoms with E-state index in [-0.39, 0.29) is 11.2 Å². The van der Waals surface area contributed by atoms with Crippen molar-refractivity contribution in [2.45, 2.75) is 39.8 Å². The van der Waals surface area contributed by atoms with Gasteiger partial charge in [0.15, 0.2) is 17.0 Å². The maximum atomic E-state index is 13.1. The van der Waals surface area contributed by atoms with Crippen molar-refractivity contribution in [3.05, 3.63) is 80.8 Å². The van der Waals surface area contributed by atoms with Crippen LogP contribution >= 0.6 is 0 Å². The lowest BCUT2D eigenvalue weighted by Gasteiger charge is -2.12. The molecule has 3 heterocycles. The summed E-state index contributed by atoms with van der Waals surface area (Å²) in [6.45, 7) is 4.89. The van der Waals surface area contributed by atoms with Crippen LogP contribution in [0.1, 0.15) is 31.7 Å². The predicted octanol–water partition coefficient (Wildman–Crippen LogP) is 2.76. The summed E-state index contributed by atoms with van der Waals surface area (Å²) in [6.07, 6.45) is 1.60. The zero-order chi connectivity index (χ0) is 24.5. The van der Waals surface area contributed by atoms with Gasteiger partial charge in [-0.2, -0.15) is 0 Å². The number of hydrogen-bond acceptors (Lipinski definition) is 6. The van der Waals surface area contributed by atoms with Crippen LogP contribution < -0.4 is 11.2 Å². The standard InChI is InChI=1S/C25H26N8O2/c1-4-8-20-26-23-21(24(34)31(3)25(35)32(23)5-2)33(20)15-16-11-13-17(14-12-16)18-9-6-7-10-19(18)22-27-29-30-28-22/h6-7,9-14H,4-5,8,15H2,1-3H3,(H,27,28,29,30). The number of aryl methyl sites for hydroxylation is 2. The van der Waals surface area contributed by atoms with Crippen LogP contribution in [0.5, 0.6) is 0 Å². The molecule has 0 radical (unpaired) electrons. The highest BCUT2D eigenvalue weighted by molar-refractivity contribution is 5.80. The molecule has 1 N–H and O–H groups in total. The van der Waals surface area contributed by atoms with E-state index in [0.717, 1.165) is 39.1 Å². The van der Waals surface area contributed by atoms with Crippen molar-refractivity contribution in [2.75, 3.05) is 0 Å². The Hall–Kier alpha value is -4.34. The molecule has 0 saturated heterocycles. The maximum Gasteiger partial charge on any atom is 0.332 e. The molecular weight excluding hydrogens is 444 g/mol. The first-order valence-electron chi connectivity index (χ1n) is 11.6. The van der Waals surface area contributed by atoms with Gasteiger partial charge in [0.2, 0.25) is 0 Å².